The van der Waals surface area contributed by atoms with Crippen molar-refractivity contribution in [1.29, 1.82) is 0 Å². The van der Waals surface area contributed by atoms with Crippen molar-refractivity contribution in [3.8, 4) is 11.1 Å². The molecule has 0 atom stereocenters. The molecule has 8 heteroatoms. The number of anilines is 1. The third-order valence-corrected chi connectivity index (χ3v) is 7.00. The van der Waals surface area contributed by atoms with Gasteiger partial charge in [-0.1, -0.05) is 24.3 Å². The zero-order valence-electron chi connectivity index (χ0n) is 17.7. The minimum absolute atomic E-state index is 0.0201. The average molecular weight is 448 g/mol. The van der Waals surface area contributed by atoms with E-state index < -0.39 is 0 Å². The topological polar surface area (TPSA) is 82.8 Å². The predicted octanol–water partition coefficient (Wildman–Crippen LogP) is 2.67. The maximum absolute atomic E-state index is 12.9. The number of benzene rings is 2. The zero-order chi connectivity index (χ0) is 22.1. The maximum atomic E-state index is 12.9. The summed E-state index contributed by atoms with van der Waals surface area (Å²) >= 11 is 1.38. The van der Waals surface area contributed by atoms with Crippen molar-refractivity contribution < 1.29 is 9.59 Å². The third-order valence-electron chi connectivity index (χ3n) is 6.23. The Bertz CT molecular complexity index is 1100. The number of piperazine rings is 1. The maximum Gasteiger partial charge on any atom is 0.282 e. The van der Waals surface area contributed by atoms with Gasteiger partial charge in [-0.2, -0.15) is 0 Å². The number of carbonyl (C=O) groups excluding carboxylic acids is 2. The zero-order valence-corrected chi connectivity index (χ0v) is 18.5. The number of nitrogens with two attached hydrogens (primary N) is 1. The van der Waals surface area contributed by atoms with Crippen LogP contribution in [-0.2, 0) is 0 Å². The molecule has 32 heavy (non-hydrogen) atoms. The summed E-state index contributed by atoms with van der Waals surface area (Å²) in [6, 6.07) is 15.8. The summed E-state index contributed by atoms with van der Waals surface area (Å²) in [6.07, 6.45) is 1.67. The smallest absolute Gasteiger partial charge is 0.282 e. The van der Waals surface area contributed by atoms with E-state index >= 15 is 0 Å². The summed E-state index contributed by atoms with van der Waals surface area (Å²) < 4.78 is 0. The van der Waals surface area contributed by atoms with E-state index in [9.17, 15) is 9.59 Å². The molecule has 0 radical (unpaired) electrons. The number of rotatable bonds is 4. The molecule has 5 rings (SSSR count). The van der Waals surface area contributed by atoms with E-state index in [0.717, 1.165) is 43.0 Å². The molecule has 2 N–H and O–H groups in total. The minimum Gasteiger partial charge on any atom is -0.399 e. The van der Waals surface area contributed by atoms with Crippen molar-refractivity contribution in [2.75, 3.05) is 45.0 Å². The lowest BCUT2D eigenvalue weighted by Gasteiger charge is -2.48. The molecular formula is C24H25N5O2S. The van der Waals surface area contributed by atoms with E-state index in [1.165, 1.54) is 11.3 Å². The van der Waals surface area contributed by atoms with E-state index in [1.807, 2.05) is 63.7 Å². The number of thiazole rings is 1. The number of aromatic nitrogens is 1. The van der Waals surface area contributed by atoms with E-state index in [4.69, 9.17) is 5.73 Å². The number of amides is 2. The Hall–Kier alpha value is -3.23. The van der Waals surface area contributed by atoms with E-state index in [1.54, 1.807) is 6.20 Å². The lowest BCUT2D eigenvalue weighted by molar-refractivity contribution is 0.00853. The first-order valence-electron chi connectivity index (χ1n) is 10.8. The Balaban J connectivity index is 1.12. The molecule has 164 valence electrons. The van der Waals surface area contributed by atoms with E-state index in [-0.39, 0.29) is 11.8 Å². The molecule has 3 heterocycles. The highest BCUT2D eigenvalue weighted by Gasteiger charge is 2.37. The number of hydrogen-bond acceptors (Lipinski definition) is 6. The Morgan fingerprint density at radius 2 is 1.66 bits per heavy atom. The van der Waals surface area contributed by atoms with E-state index in [2.05, 4.69) is 9.88 Å². The molecule has 0 aliphatic carbocycles. The number of nitrogens with zero attached hydrogens (tertiary/aromatic N) is 4. The number of carbonyl (C=O) groups is 2. The molecule has 2 aromatic carbocycles. The summed E-state index contributed by atoms with van der Waals surface area (Å²) in [5.41, 5.74) is 9.38. The fraction of sp³-hybridized carbons (Fsp3) is 0.292. The van der Waals surface area contributed by atoms with Gasteiger partial charge in [-0.15, -0.1) is 11.3 Å². The van der Waals surface area contributed by atoms with Gasteiger partial charge in [-0.25, -0.2) is 4.98 Å². The van der Waals surface area contributed by atoms with Crippen molar-refractivity contribution in [2.24, 2.45) is 0 Å². The molecule has 2 aliphatic heterocycles. The van der Waals surface area contributed by atoms with Crippen molar-refractivity contribution >= 4 is 28.8 Å². The van der Waals surface area contributed by atoms with Gasteiger partial charge in [0.2, 0.25) is 0 Å². The summed E-state index contributed by atoms with van der Waals surface area (Å²) in [5, 5.41) is 2.38. The molecule has 7 nitrogen and oxygen atoms in total. The molecule has 2 amide bonds. The Labute approximate surface area is 191 Å². The monoisotopic (exact) mass is 447 g/mol. The van der Waals surface area contributed by atoms with Crippen molar-refractivity contribution in [3.63, 3.8) is 0 Å². The molecule has 0 bridgehead atoms. The van der Waals surface area contributed by atoms with E-state index in [0.29, 0.717) is 29.7 Å². The van der Waals surface area contributed by atoms with Gasteiger partial charge in [-0.3, -0.25) is 14.5 Å². The van der Waals surface area contributed by atoms with Gasteiger partial charge in [-0.05, 0) is 35.4 Å². The summed E-state index contributed by atoms with van der Waals surface area (Å²) in [4.78, 5) is 35.6. The van der Waals surface area contributed by atoms with Crippen LogP contribution in [0.1, 0.15) is 20.2 Å². The van der Waals surface area contributed by atoms with Crippen LogP contribution in [-0.4, -0.2) is 76.8 Å². The highest BCUT2D eigenvalue weighted by molar-refractivity contribution is 7.11. The van der Waals surface area contributed by atoms with Crippen molar-refractivity contribution in [2.45, 2.75) is 6.04 Å². The number of hydrogen-bond donors (Lipinski definition) is 1. The van der Waals surface area contributed by atoms with Gasteiger partial charge >= 0.3 is 0 Å². The quantitative estimate of drug-likeness (QED) is 0.622. The number of nitrogen functional groups attached to an aromatic ring is 1. The highest BCUT2D eigenvalue weighted by Crippen LogP contribution is 2.24. The Morgan fingerprint density at radius 1 is 0.906 bits per heavy atom. The molecule has 2 saturated heterocycles. The van der Waals surface area contributed by atoms with Crippen LogP contribution in [0.4, 0.5) is 5.69 Å². The lowest BCUT2D eigenvalue weighted by Crippen LogP contribution is -2.64. The molecule has 2 aliphatic rings. The Morgan fingerprint density at radius 3 is 2.31 bits per heavy atom. The summed E-state index contributed by atoms with van der Waals surface area (Å²) in [7, 11) is 0. The Kier molecular flexibility index (Phi) is 5.63. The van der Waals surface area contributed by atoms with Gasteiger partial charge in [0, 0.05) is 68.1 Å². The highest BCUT2D eigenvalue weighted by atomic mass is 32.1. The largest absolute Gasteiger partial charge is 0.399 e. The second kappa shape index (κ2) is 8.72. The van der Waals surface area contributed by atoms with Crippen LogP contribution in [0.15, 0.2) is 60.1 Å². The lowest BCUT2D eigenvalue weighted by atomic mass is 10.0. The molecule has 0 unspecified atom stereocenters. The minimum atomic E-state index is 0.0201. The predicted molar refractivity (Wildman–Crippen MR) is 126 cm³/mol. The first-order chi connectivity index (χ1) is 15.6. The normalized spacial score (nSPS) is 17.2. The van der Waals surface area contributed by atoms with Crippen LogP contribution in [0, 0.1) is 0 Å². The summed E-state index contributed by atoms with van der Waals surface area (Å²) in [5.74, 6) is 0.0876. The third kappa shape index (κ3) is 4.11. The second-order valence-electron chi connectivity index (χ2n) is 8.23. The van der Waals surface area contributed by atoms with Crippen molar-refractivity contribution in [3.05, 3.63) is 70.7 Å². The molecular weight excluding hydrogens is 422 g/mol. The average Bonchev–Trinajstić information content (AvgIpc) is 3.33. The van der Waals surface area contributed by atoms with Crippen LogP contribution >= 0.6 is 11.3 Å². The molecule has 1 aromatic heterocycles. The van der Waals surface area contributed by atoms with Crippen LogP contribution in [0.3, 0.4) is 0 Å². The van der Waals surface area contributed by atoms with Gasteiger partial charge in [0.25, 0.3) is 11.8 Å². The standard InChI is InChI=1S/C24H25N5O2S/c25-20-3-1-2-19(14-20)17-4-6-18(7-5-17)23(30)29-15-21(16-29)27-9-11-28(12-10-27)24(31)22-26-8-13-32-22/h1-8,13-14,21H,9-12,15-16,25H2. The summed E-state index contributed by atoms with van der Waals surface area (Å²) in [6.45, 7) is 4.53. The van der Waals surface area contributed by atoms with Crippen LogP contribution in [0.25, 0.3) is 11.1 Å². The van der Waals surface area contributed by atoms with Gasteiger partial charge in [0.1, 0.15) is 0 Å². The van der Waals surface area contributed by atoms with Crippen molar-refractivity contribution in [1.82, 2.24) is 19.7 Å². The van der Waals surface area contributed by atoms with Gasteiger partial charge < -0.3 is 15.5 Å². The van der Waals surface area contributed by atoms with Crippen LogP contribution in [0.2, 0.25) is 0 Å². The fourth-order valence-electron chi connectivity index (χ4n) is 4.31. The molecule has 0 saturated carbocycles. The SMILES string of the molecule is Nc1cccc(-c2ccc(C(=O)N3CC(N4CCN(C(=O)c5nccs5)CC4)C3)cc2)c1. The first kappa shape index (κ1) is 20.7. The van der Waals surface area contributed by atoms with Gasteiger partial charge in [0.15, 0.2) is 5.01 Å². The molecule has 0 spiro atoms. The molecule has 3 aromatic rings. The molecule has 2 fully saturated rings. The fourth-order valence-corrected chi connectivity index (χ4v) is 4.91. The number of likely N-dealkylation sites (tertiary alicyclic amines) is 1. The first-order valence-corrected chi connectivity index (χ1v) is 11.6. The van der Waals surface area contributed by atoms with Crippen LogP contribution in [0.5, 0.6) is 0 Å². The van der Waals surface area contributed by atoms with Gasteiger partial charge in [0.05, 0.1) is 0 Å². The van der Waals surface area contributed by atoms with Crippen LogP contribution < -0.4 is 5.73 Å². The second-order valence-corrected chi connectivity index (χ2v) is 9.13.